The van der Waals surface area contributed by atoms with Crippen LogP contribution in [0.2, 0.25) is 0 Å². The number of rotatable bonds is 0. The number of benzene rings is 4. The molecule has 0 atom stereocenters. The lowest BCUT2D eigenvalue weighted by molar-refractivity contribution is 0.590. The molecular formula is C44H41IN8. The van der Waals surface area contributed by atoms with Crippen molar-refractivity contribution in [3.8, 4) is 45.6 Å². The third-order valence-corrected chi connectivity index (χ3v) is 11.3. The molecule has 0 amide bonds. The third-order valence-electron chi connectivity index (χ3n) is 10.4. The van der Waals surface area contributed by atoms with E-state index >= 15 is 0 Å². The van der Waals surface area contributed by atoms with Gasteiger partial charge in [0.1, 0.15) is 22.6 Å². The number of halogens is 1. The zero-order valence-electron chi connectivity index (χ0n) is 31.5. The van der Waals surface area contributed by atoms with Gasteiger partial charge in [0.25, 0.3) is 0 Å². The van der Waals surface area contributed by atoms with Gasteiger partial charge >= 0.3 is 0 Å². The molecule has 0 saturated heterocycles. The molecule has 7 aromatic rings. The zero-order chi connectivity index (χ0) is 37.2. The summed E-state index contributed by atoms with van der Waals surface area (Å²) in [5.74, 6) is 2.42. The van der Waals surface area contributed by atoms with Crippen LogP contribution in [-0.2, 0) is 16.2 Å². The van der Waals surface area contributed by atoms with Gasteiger partial charge in [-0.15, -0.1) is 0 Å². The molecule has 53 heavy (non-hydrogen) atoms. The topological polar surface area (TPSA) is 109 Å². The van der Waals surface area contributed by atoms with Crippen LogP contribution >= 0.6 is 22.6 Å². The first-order chi connectivity index (χ1) is 25.0. The molecule has 0 aliphatic carbocycles. The molecule has 3 aromatic heterocycles. The van der Waals surface area contributed by atoms with Gasteiger partial charge in [0.2, 0.25) is 0 Å². The van der Waals surface area contributed by atoms with Gasteiger partial charge < -0.3 is 9.97 Å². The summed E-state index contributed by atoms with van der Waals surface area (Å²) in [5, 5.41) is 3.90. The van der Waals surface area contributed by atoms with E-state index in [4.69, 9.17) is 29.9 Å². The van der Waals surface area contributed by atoms with E-state index < -0.39 is 0 Å². The first-order valence-electron chi connectivity index (χ1n) is 18.1. The number of hydrogen-bond acceptors (Lipinski definition) is 6. The van der Waals surface area contributed by atoms with Crippen molar-refractivity contribution in [1.82, 2.24) is 39.9 Å². The van der Waals surface area contributed by atoms with Gasteiger partial charge in [-0.3, -0.25) is 0 Å². The monoisotopic (exact) mass is 808 g/mol. The summed E-state index contributed by atoms with van der Waals surface area (Å²) < 4.78 is 1.07. The van der Waals surface area contributed by atoms with E-state index in [1.165, 1.54) is 16.7 Å². The maximum absolute atomic E-state index is 5.29. The van der Waals surface area contributed by atoms with Gasteiger partial charge in [-0.2, -0.15) is 0 Å². The zero-order valence-corrected chi connectivity index (χ0v) is 33.6. The Hall–Kier alpha value is -5.03. The predicted molar refractivity (Wildman–Crippen MR) is 225 cm³/mol. The summed E-state index contributed by atoms with van der Waals surface area (Å²) in [5.41, 5.74) is 9.97. The fourth-order valence-electron chi connectivity index (χ4n) is 7.20. The molecule has 0 unspecified atom stereocenters. The fourth-order valence-corrected chi connectivity index (χ4v) is 7.95. The van der Waals surface area contributed by atoms with Crippen LogP contribution in [0.1, 0.15) is 79.0 Å². The second-order valence-corrected chi connectivity index (χ2v) is 18.5. The number of fused-ring (bicyclic) bond motifs is 20. The van der Waals surface area contributed by atoms with Gasteiger partial charge in [0.05, 0.1) is 0 Å². The molecule has 9 heteroatoms. The molecule has 5 heterocycles. The highest BCUT2D eigenvalue weighted by molar-refractivity contribution is 14.1. The smallest absolute Gasteiger partial charge is 0.164 e. The summed E-state index contributed by atoms with van der Waals surface area (Å²) in [6, 6.07) is 25.9. The van der Waals surface area contributed by atoms with Crippen molar-refractivity contribution < 1.29 is 0 Å². The molecule has 2 N–H and O–H groups in total. The predicted octanol–water partition coefficient (Wildman–Crippen LogP) is 11.4. The summed E-state index contributed by atoms with van der Waals surface area (Å²) in [7, 11) is 0. The highest BCUT2D eigenvalue weighted by Crippen LogP contribution is 2.41. The Morgan fingerprint density at radius 3 is 1.40 bits per heavy atom. The molecule has 9 rings (SSSR count). The van der Waals surface area contributed by atoms with Gasteiger partial charge in [-0.05, 0) is 79.8 Å². The van der Waals surface area contributed by atoms with Gasteiger partial charge in [0.15, 0.2) is 23.3 Å². The molecule has 8 nitrogen and oxygen atoms in total. The van der Waals surface area contributed by atoms with Crippen LogP contribution in [0.25, 0.3) is 89.7 Å². The fraction of sp³-hybridized carbons (Fsp3) is 0.273. The molecule has 8 bridgehead atoms. The van der Waals surface area contributed by atoms with Gasteiger partial charge in [0, 0.05) is 47.4 Å². The summed E-state index contributed by atoms with van der Waals surface area (Å²) in [4.78, 5) is 38.6. The van der Waals surface area contributed by atoms with E-state index in [9.17, 15) is 0 Å². The van der Waals surface area contributed by atoms with E-state index in [1.807, 2.05) is 0 Å². The molecular weight excluding hydrogens is 767 g/mol. The Morgan fingerprint density at radius 2 is 0.849 bits per heavy atom. The second kappa shape index (κ2) is 11.5. The summed E-state index contributed by atoms with van der Waals surface area (Å²) in [6.07, 6.45) is 0. The standard InChI is InChI=1S/C44H41IN8/c1-42(2,3)22-13-16-25-29(19-22)38-46-34(25)48-39-31-21-24(44(7,8)9)15-18-27(31)36(50-39)52-41-33-28(11-10-12-32(33)45)37(53-41)51-40-30-20-23(43(4,5)6)14-17-26(30)35(47-38)49-40/h10-21H,1-9H3,(H2,46,47,48,49,50,51,52,53). The van der Waals surface area contributed by atoms with E-state index in [1.54, 1.807) is 0 Å². The number of aromatic amines is 2. The Morgan fingerprint density at radius 1 is 0.415 bits per heavy atom. The number of nitrogens with one attached hydrogen (secondary N) is 2. The minimum absolute atomic E-state index is 0.0611. The van der Waals surface area contributed by atoms with E-state index in [0.29, 0.717) is 45.9 Å². The highest BCUT2D eigenvalue weighted by Gasteiger charge is 2.26. The number of H-pyrrole nitrogens is 2. The largest absolute Gasteiger partial charge is 0.324 e. The van der Waals surface area contributed by atoms with Crippen molar-refractivity contribution in [3.63, 3.8) is 0 Å². The molecule has 264 valence electrons. The quantitative estimate of drug-likeness (QED) is 0.148. The molecule has 0 saturated carbocycles. The Labute approximate surface area is 322 Å². The maximum atomic E-state index is 5.29. The van der Waals surface area contributed by atoms with Crippen LogP contribution in [0.3, 0.4) is 0 Å². The Kier molecular flexibility index (Phi) is 7.32. The first kappa shape index (κ1) is 33.8. The molecule has 4 aromatic carbocycles. The summed E-state index contributed by atoms with van der Waals surface area (Å²) >= 11 is 2.38. The van der Waals surface area contributed by atoms with Crippen molar-refractivity contribution in [3.05, 3.63) is 93.1 Å². The number of nitrogens with zero attached hydrogens (tertiary/aromatic N) is 6. The molecule has 2 aliphatic heterocycles. The third kappa shape index (κ3) is 5.62. The lowest BCUT2D eigenvalue weighted by Gasteiger charge is -2.19. The van der Waals surface area contributed by atoms with E-state index in [2.05, 4.69) is 168 Å². The van der Waals surface area contributed by atoms with Crippen molar-refractivity contribution in [2.24, 2.45) is 0 Å². The molecule has 0 spiro atoms. The minimum Gasteiger partial charge on any atom is -0.324 e. The van der Waals surface area contributed by atoms with Crippen LogP contribution in [0.5, 0.6) is 0 Å². The number of hydrogen-bond donors (Lipinski definition) is 2. The Bertz CT molecular complexity index is 2840. The lowest BCUT2D eigenvalue weighted by Crippen LogP contribution is -2.10. The SMILES string of the molecule is CC(C)(C)c1ccc2c(c1)-c1nc-2nc2[nH]c(nc3nc(nc4[nH]c(n1)c1ccc(C(C)(C)C)cc41)-c1ccc(C(C)(C)C)cc1-3)c1cccc(I)c21. The first-order valence-corrected chi connectivity index (χ1v) is 19.2. The average molecular weight is 809 g/mol. The highest BCUT2D eigenvalue weighted by atomic mass is 127. The van der Waals surface area contributed by atoms with Crippen molar-refractivity contribution >= 4 is 66.7 Å². The second-order valence-electron chi connectivity index (χ2n) is 17.3. The molecule has 0 fully saturated rings. The summed E-state index contributed by atoms with van der Waals surface area (Å²) in [6.45, 7) is 20.0. The minimum atomic E-state index is -0.0619. The Balaban J connectivity index is 1.47. The van der Waals surface area contributed by atoms with Crippen LogP contribution in [-0.4, -0.2) is 39.9 Å². The number of aromatic nitrogens is 8. The van der Waals surface area contributed by atoms with E-state index in [-0.39, 0.29) is 16.2 Å². The maximum Gasteiger partial charge on any atom is 0.164 e. The van der Waals surface area contributed by atoms with Crippen molar-refractivity contribution in [2.45, 2.75) is 78.6 Å². The van der Waals surface area contributed by atoms with Crippen LogP contribution in [0.4, 0.5) is 0 Å². The van der Waals surface area contributed by atoms with Gasteiger partial charge in [-0.1, -0.05) is 111 Å². The lowest BCUT2D eigenvalue weighted by atomic mass is 9.85. The van der Waals surface area contributed by atoms with Crippen LogP contribution in [0, 0.1) is 3.57 Å². The van der Waals surface area contributed by atoms with Crippen LogP contribution < -0.4 is 0 Å². The van der Waals surface area contributed by atoms with E-state index in [0.717, 1.165) is 47.4 Å². The normalized spacial score (nSPS) is 13.1. The average Bonchev–Trinajstić information content (AvgIpc) is 3.82. The molecule has 2 aliphatic rings. The van der Waals surface area contributed by atoms with Gasteiger partial charge in [-0.25, -0.2) is 29.9 Å². The van der Waals surface area contributed by atoms with Crippen LogP contribution in [0.15, 0.2) is 72.8 Å². The van der Waals surface area contributed by atoms with Crippen molar-refractivity contribution in [1.29, 1.82) is 0 Å². The molecule has 0 radical (unpaired) electrons. The van der Waals surface area contributed by atoms with Crippen molar-refractivity contribution in [2.75, 3.05) is 0 Å².